The zero-order valence-electron chi connectivity index (χ0n) is 7.53. The molecule has 1 aliphatic rings. The van der Waals surface area contributed by atoms with E-state index < -0.39 is 0 Å². The third kappa shape index (κ3) is 2.77. The first-order chi connectivity index (χ1) is 5.66. The van der Waals surface area contributed by atoms with E-state index in [4.69, 9.17) is 0 Å². The average Bonchev–Trinajstić information content (AvgIpc) is 2.49. The van der Waals surface area contributed by atoms with Gasteiger partial charge in [0, 0.05) is 6.54 Å². The molecule has 0 unspecified atom stereocenters. The van der Waals surface area contributed by atoms with Gasteiger partial charge in [0.2, 0.25) is 5.91 Å². The van der Waals surface area contributed by atoms with Crippen LogP contribution >= 0.6 is 15.9 Å². The Morgan fingerprint density at radius 1 is 1.50 bits per heavy atom. The van der Waals surface area contributed by atoms with Crippen molar-refractivity contribution in [3.05, 3.63) is 0 Å². The van der Waals surface area contributed by atoms with Crippen molar-refractivity contribution in [1.29, 1.82) is 0 Å². The van der Waals surface area contributed by atoms with Crippen molar-refractivity contribution in [1.82, 2.24) is 5.32 Å². The average molecular weight is 234 g/mol. The summed E-state index contributed by atoms with van der Waals surface area (Å²) in [6.07, 6.45) is 5.16. The minimum Gasteiger partial charge on any atom is -0.355 e. The molecule has 0 aromatic carbocycles. The largest absolute Gasteiger partial charge is 0.355 e. The number of halogens is 1. The van der Waals surface area contributed by atoms with E-state index >= 15 is 0 Å². The van der Waals surface area contributed by atoms with Crippen LogP contribution in [-0.4, -0.2) is 17.8 Å². The fourth-order valence-electron chi connectivity index (χ4n) is 1.76. The van der Waals surface area contributed by atoms with Crippen molar-refractivity contribution < 1.29 is 4.79 Å². The van der Waals surface area contributed by atoms with Crippen molar-refractivity contribution in [3.8, 4) is 0 Å². The first-order valence-electron chi connectivity index (χ1n) is 4.49. The van der Waals surface area contributed by atoms with E-state index in [9.17, 15) is 4.79 Å². The lowest BCUT2D eigenvalue weighted by molar-refractivity contribution is -0.118. The molecule has 0 radical (unpaired) electrons. The molecule has 1 saturated carbocycles. The van der Waals surface area contributed by atoms with Crippen LogP contribution in [0.5, 0.6) is 0 Å². The molecule has 0 heterocycles. The van der Waals surface area contributed by atoms with Crippen LogP contribution in [0.4, 0.5) is 0 Å². The zero-order chi connectivity index (χ0) is 9.03. The molecule has 0 aromatic rings. The predicted octanol–water partition coefficient (Wildman–Crippen LogP) is 2.08. The van der Waals surface area contributed by atoms with Crippen LogP contribution in [0.15, 0.2) is 0 Å². The maximum Gasteiger partial charge on any atom is 0.230 e. The summed E-state index contributed by atoms with van der Waals surface area (Å²) in [4.78, 5) is 11.0. The second-order valence-corrected chi connectivity index (χ2v) is 4.49. The SMILES string of the molecule is CC1(CNC(=O)CBr)CCCC1. The molecule has 0 saturated heterocycles. The molecule has 70 valence electrons. The van der Waals surface area contributed by atoms with E-state index in [0.717, 1.165) is 6.54 Å². The molecule has 1 aliphatic carbocycles. The minimum atomic E-state index is 0.100. The first-order valence-corrected chi connectivity index (χ1v) is 5.61. The fourth-order valence-corrected chi connectivity index (χ4v) is 1.96. The summed E-state index contributed by atoms with van der Waals surface area (Å²) in [5.74, 6) is 0.100. The third-order valence-corrected chi connectivity index (χ3v) is 3.15. The van der Waals surface area contributed by atoms with E-state index in [1.165, 1.54) is 25.7 Å². The van der Waals surface area contributed by atoms with Gasteiger partial charge in [-0.3, -0.25) is 4.79 Å². The Hall–Kier alpha value is -0.0500. The van der Waals surface area contributed by atoms with Crippen molar-refractivity contribution in [2.75, 3.05) is 11.9 Å². The summed E-state index contributed by atoms with van der Waals surface area (Å²) in [6, 6.07) is 0. The van der Waals surface area contributed by atoms with Gasteiger partial charge in [-0.25, -0.2) is 0 Å². The maximum atomic E-state index is 11.0. The van der Waals surface area contributed by atoms with Crippen LogP contribution in [0.1, 0.15) is 32.6 Å². The highest BCUT2D eigenvalue weighted by atomic mass is 79.9. The molecule has 0 spiro atoms. The van der Waals surface area contributed by atoms with Gasteiger partial charge in [0.15, 0.2) is 0 Å². The summed E-state index contributed by atoms with van der Waals surface area (Å²) >= 11 is 3.13. The summed E-state index contributed by atoms with van der Waals surface area (Å²) < 4.78 is 0. The molecule has 2 nitrogen and oxygen atoms in total. The van der Waals surface area contributed by atoms with E-state index in [2.05, 4.69) is 28.2 Å². The van der Waals surface area contributed by atoms with Crippen molar-refractivity contribution >= 4 is 21.8 Å². The predicted molar refractivity (Wildman–Crippen MR) is 53.4 cm³/mol. The topological polar surface area (TPSA) is 29.1 Å². The van der Waals surface area contributed by atoms with Crippen LogP contribution in [0, 0.1) is 5.41 Å². The van der Waals surface area contributed by atoms with Crippen LogP contribution in [0.2, 0.25) is 0 Å². The monoisotopic (exact) mass is 233 g/mol. The third-order valence-electron chi connectivity index (χ3n) is 2.64. The highest BCUT2D eigenvalue weighted by molar-refractivity contribution is 9.09. The molecule has 1 fully saturated rings. The van der Waals surface area contributed by atoms with Gasteiger partial charge in [0.1, 0.15) is 0 Å². The molecule has 12 heavy (non-hydrogen) atoms. The number of rotatable bonds is 3. The van der Waals surface area contributed by atoms with Gasteiger partial charge in [-0.15, -0.1) is 0 Å². The van der Waals surface area contributed by atoms with Crippen molar-refractivity contribution in [3.63, 3.8) is 0 Å². The molecule has 1 N–H and O–H groups in total. The van der Waals surface area contributed by atoms with Gasteiger partial charge in [-0.2, -0.15) is 0 Å². The first kappa shape index (κ1) is 10.0. The van der Waals surface area contributed by atoms with Gasteiger partial charge in [0.05, 0.1) is 5.33 Å². The Kier molecular flexibility index (Phi) is 3.56. The summed E-state index contributed by atoms with van der Waals surface area (Å²) in [7, 11) is 0. The van der Waals surface area contributed by atoms with E-state index in [1.54, 1.807) is 0 Å². The lowest BCUT2D eigenvalue weighted by atomic mass is 9.89. The Balaban J connectivity index is 2.25. The molecule has 0 aliphatic heterocycles. The van der Waals surface area contributed by atoms with E-state index in [-0.39, 0.29) is 5.91 Å². The van der Waals surface area contributed by atoms with E-state index in [0.29, 0.717) is 10.7 Å². The minimum absolute atomic E-state index is 0.100. The highest BCUT2D eigenvalue weighted by Gasteiger charge is 2.28. The summed E-state index contributed by atoms with van der Waals surface area (Å²) in [6.45, 7) is 3.10. The maximum absolute atomic E-state index is 11.0. The molecular weight excluding hydrogens is 218 g/mol. The summed E-state index contributed by atoms with van der Waals surface area (Å²) in [5, 5.41) is 3.35. The molecular formula is C9H16BrNO. The quantitative estimate of drug-likeness (QED) is 0.744. The molecule has 0 bridgehead atoms. The van der Waals surface area contributed by atoms with Gasteiger partial charge >= 0.3 is 0 Å². The molecule has 3 heteroatoms. The van der Waals surface area contributed by atoms with Crippen molar-refractivity contribution in [2.24, 2.45) is 5.41 Å². The van der Waals surface area contributed by atoms with Crippen LogP contribution in [0.3, 0.4) is 0 Å². The lowest BCUT2D eigenvalue weighted by Crippen LogP contribution is -2.34. The Labute approximate surface area is 82.2 Å². The number of alkyl halides is 1. The Morgan fingerprint density at radius 3 is 2.58 bits per heavy atom. The van der Waals surface area contributed by atoms with Gasteiger partial charge in [0.25, 0.3) is 0 Å². The lowest BCUT2D eigenvalue weighted by Gasteiger charge is -2.23. The van der Waals surface area contributed by atoms with Gasteiger partial charge in [-0.05, 0) is 18.3 Å². The van der Waals surface area contributed by atoms with Crippen LogP contribution in [0.25, 0.3) is 0 Å². The number of carbonyl (C=O) groups excluding carboxylic acids is 1. The standard InChI is InChI=1S/C9H16BrNO/c1-9(4-2-3-5-9)7-11-8(12)6-10/h2-7H2,1H3,(H,11,12). The fraction of sp³-hybridized carbons (Fsp3) is 0.889. The number of carbonyl (C=O) groups is 1. The Bertz CT molecular complexity index is 164. The number of amides is 1. The second-order valence-electron chi connectivity index (χ2n) is 3.93. The van der Waals surface area contributed by atoms with Crippen LogP contribution < -0.4 is 5.32 Å². The Morgan fingerprint density at radius 2 is 2.08 bits per heavy atom. The number of nitrogens with one attached hydrogen (secondary N) is 1. The molecule has 0 atom stereocenters. The molecule has 1 rings (SSSR count). The molecule has 0 aromatic heterocycles. The molecule has 1 amide bonds. The zero-order valence-corrected chi connectivity index (χ0v) is 9.11. The smallest absolute Gasteiger partial charge is 0.230 e. The summed E-state index contributed by atoms with van der Waals surface area (Å²) in [5.41, 5.74) is 0.373. The van der Waals surface area contributed by atoms with Gasteiger partial charge < -0.3 is 5.32 Å². The van der Waals surface area contributed by atoms with Crippen molar-refractivity contribution in [2.45, 2.75) is 32.6 Å². The number of hydrogen-bond donors (Lipinski definition) is 1. The highest BCUT2D eigenvalue weighted by Crippen LogP contribution is 2.36. The second kappa shape index (κ2) is 4.26. The van der Waals surface area contributed by atoms with Gasteiger partial charge in [-0.1, -0.05) is 35.7 Å². The number of hydrogen-bond acceptors (Lipinski definition) is 1. The van der Waals surface area contributed by atoms with E-state index in [1.807, 2.05) is 0 Å². The van der Waals surface area contributed by atoms with Crippen LogP contribution in [-0.2, 0) is 4.79 Å². The normalized spacial score (nSPS) is 20.8.